The lowest BCUT2D eigenvalue weighted by Crippen LogP contribution is -2.52. The number of nitriles is 1. The zero-order valence-electron chi connectivity index (χ0n) is 12.1. The first-order valence-corrected chi connectivity index (χ1v) is 7.27. The van der Waals surface area contributed by atoms with Crippen LogP contribution in [0.5, 0.6) is 0 Å². The fraction of sp³-hybridized carbons (Fsp3) is 0.562. The molecule has 0 bridgehead atoms. The third-order valence-corrected chi connectivity index (χ3v) is 3.98. The first kappa shape index (κ1) is 15.0. The summed E-state index contributed by atoms with van der Waals surface area (Å²) in [6.07, 6.45) is 0.170. The van der Waals surface area contributed by atoms with Gasteiger partial charge in [-0.2, -0.15) is 5.26 Å². The SMILES string of the molecule is C[C@H]1CN(CCC#N)CCN1C[C@H](O)c1ccccc1. The van der Waals surface area contributed by atoms with Crippen LogP contribution in [0.25, 0.3) is 0 Å². The number of aliphatic hydroxyl groups is 1. The summed E-state index contributed by atoms with van der Waals surface area (Å²) in [5.41, 5.74) is 0.978. The second kappa shape index (κ2) is 7.39. The monoisotopic (exact) mass is 273 g/mol. The second-order valence-electron chi connectivity index (χ2n) is 5.48. The third-order valence-electron chi connectivity index (χ3n) is 3.98. The highest BCUT2D eigenvalue weighted by atomic mass is 16.3. The Balaban J connectivity index is 1.84. The molecule has 1 heterocycles. The van der Waals surface area contributed by atoms with Crippen molar-refractivity contribution in [3.63, 3.8) is 0 Å². The molecule has 1 aliphatic heterocycles. The molecule has 1 N–H and O–H groups in total. The van der Waals surface area contributed by atoms with E-state index in [-0.39, 0.29) is 0 Å². The van der Waals surface area contributed by atoms with Crippen LogP contribution in [0, 0.1) is 11.3 Å². The third kappa shape index (κ3) is 4.04. The van der Waals surface area contributed by atoms with E-state index in [2.05, 4.69) is 22.8 Å². The molecule has 1 aliphatic rings. The summed E-state index contributed by atoms with van der Waals surface area (Å²) in [6, 6.07) is 12.4. The topological polar surface area (TPSA) is 50.5 Å². The first-order valence-electron chi connectivity index (χ1n) is 7.27. The normalized spacial score (nSPS) is 22.4. The van der Waals surface area contributed by atoms with Gasteiger partial charge in [0, 0.05) is 45.2 Å². The highest BCUT2D eigenvalue weighted by Crippen LogP contribution is 2.17. The Kier molecular flexibility index (Phi) is 5.54. The number of hydrogen-bond donors (Lipinski definition) is 1. The largest absolute Gasteiger partial charge is 0.387 e. The predicted molar refractivity (Wildman–Crippen MR) is 79.1 cm³/mol. The highest BCUT2D eigenvalue weighted by Gasteiger charge is 2.25. The Bertz CT molecular complexity index is 443. The van der Waals surface area contributed by atoms with Crippen LogP contribution in [-0.2, 0) is 0 Å². The van der Waals surface area contributed by atoms with E-state index in [0.29, 0.717) is 19.0 Å². The molecular formula is C16H23N3O. The smallest absolute Gasteiger partial charge is 0.0917 e. The molecule has 0 aliphatic carbocycles. The van der Waals surface area contributed by atoms with Gasteiger partial charge in [-0.15, -0.1) is 0 Å². The molecule has 0 aromatic heterocycles. The number of β-amino-alcohol motifs (C(OH)–C–C–N with tert-alkyl or cyclic N) is 1. The van der Waals surface area contributed by atoms with E-state index in [0.717, 1.165) is 31.7 Å². The molecule has 0 spiro atoms. The molecule has 108 valence electrons. The number of hydrogen-bond acceptors (Lipinski definition) is 4. The van der Waals surface area contributed by atoms with Crippen LogP contribution in [0.3, 0.4) is 0 Å². The molecule has 4 nitrogen and oxygen atoms in total. The number of piperazine rings is 1. The summed E-state index contributed by atoms with van der Waals surface area (Å²) in [4.78, 5) is 4.67. The highest BCUT2D eigenvalue weighted by molar-refractivity contribution is 5.17. The molecule has 1 fully saturated rings. The van der Waals surface area contributed by atoms with Gasteiger partial charge >= 0.3 is 0 Å². The molecule has 0 radical (unpaired) electrons. The molecule has 0 amide bonds. The van der Waals surface area contributed by atoms with E-state index in [9.17, 15) is 5.11 Å². The van der Waals surface area contributed by atoms with E-state index in [1.807, 2.05) is 30.3 Å². The lowest BCUT2D eigenvalue weighted by atomic mass is 10.1. The van der Waals surface area contributed by atoms with Gasteiger partial charge in [0.25, 0.3) is 0 Å². The van der Waals surface area contributed by atoms with Crippen LogP contribution >= 0.6 is 0 Å². The van der Waals surface area contributed by atoms with Crippen molar-refractivity contribution in [3.8, 4) is 6.07 Å². The van der Waals surface area contributed by atoms with E-state index in [1.165, 1.54) is 0 Å². The Morgan fingerprint density at radius 1 is 1.35 bits per heavy atom. The van der Waals surface area contributed by atoms with Crippen molar-refractivity contribution < 1.29 is 5.11 Å². The maximum absolute atomic E-state index is 10.3. The van der Waals surface area contributed by atoms with Crippen molar-refractivity contribution in [2.45, 2.75) is 25.5 Å². The first-order chi connectivity index (χ1) is 9.70. The zero-order chi connectivity index (χ0) is 14.4. The fourth-order valence-corrected chi connectivity index (χ4v) is 2.76. The van der Waals surface area contributed by atoms with Gasteiger partial charge in [0.15, 0.2) is 0 Å². The minimum absolute atomic E-state index is 0.417. The molecule has 1 saturated heterocycles. The fourth-order valence-electron chi connectivity index (χ4n) is 2.76. The van der Waals surface area contributed by atoms with Crippen molar-refractivity contribution >= 4 is 0 Å². The van der Waals surface area contributed by atoms with Gasteiger partial charge in [0.1, 0.15) is 0 Å². The van der Waals surface area contributed by atoms with Gasteiger partial charge < -0.3 is 5.11 Å². The Morgan fingerprint density at radius 3 is 2.75 bits per heavy atom. The summed E-state index contributed by atoms with van der Waals surface area (Å²) in [7, 11) is 0. The van der Waals surface area contributed by atoms with Crippen molar-refractivity contribution in [3.05, 3.63) is 35.9 Å². The van der Waals surface area contributed by atoms with Gasteiger partial charge in [-0.1, -0.05) is 30.3 Å². The second-order valence-corrected chi connectivity index (χ2v) is 5.48. The van der Waals surface area contributed by atoms with Gasteiger partial charge in [0.2, 0.25) is 0 Å². The zero-order valence-corrected chi connectivity index (χ0v) is 12.1. The molecule has 0 saturated carbocycles. The number of benzene rings is 1. The van der Waals surface area contributed by atoms with Crippen LogP contribution < -0.4 is 0 Å². The summed E-state index contributed by atoms with van der Waals surface area (Å²) in [5, 5.41) is 18.9. The van der Waals surface area contributed by atoms with E-state index in [4.69, 9.17) is 5.26 Å². The van der Waals surface area contributed by atoms with Crippen LogP contribution in [-0.4, -0.2) is 53.7 Å². The predicted octanol–water partition coefficient (Wildman–Crippen LogP) is 1.64. The Labute approximate surface area is 121 Å². The van der Waals surface area contributed by atoms with Gasteiger partial charge in [-0.3, -0.25) is 9.80 Å². The standard InChI is InChI=1S/C16H23N3O/c1-14-12-18(9-5-8-17)10-11-19(14)13-16(20)15-6-3-2-4-7-15/h2-4,6-7,14,16,20H,5,9-13H2,1H3/t14-,16-/m0/s1. The van der Waals surface area contributed by atoms with Crippen molar-refractivity contribution in [1.29, 1.82) is 5.26 Å². The van der Waals surface area contributed by atoms with Crippen molar-refractivity contribution in [2.24, 2.45) is 0 Å². The Morgan fingerprint density at radius 2 is 2.10 bits per heavy atom. The molecule has 20 heavy (non-hydrogen) atoms. The lowest BCUT2D eigenvalue weighted by molar-refractivity contribution is 0.0396. The van der Waals surface area contributed by atoms with Crippen LogP contribution in [0.1, 0.15) is 25.0 Å². The minimum atomic E-state index is -0.427. The van der Waals surface area contributed by atoms with Crippen molar-refractivity contribution in [1.82, 2.24) is 9.80 Å². The van der Waals surface area contributed by atoms with Crippen molar-refractivity contribution in [2.75, 3.05) is 32.7 Å². The van der Waals surface area contributed by atoms with Crippen LogP contribution in [0.15, 0.2) is 30.3 Å². The van der Waals surface area contributed by atoms with Crippen LogP contribution in [0.4, 0.5) is 0 Å². The molecule has 1 aromatic carbocycles. The molecule has 2 atom stereocenters. The molecule has 4 heteroatoms. The maximum Gasteiger partial charge on any atom is 0.0917 e. The Hall–Kier alpha value is -1.41. The summed E-state index contributed by atoms with van der Waals surface area (Å²) >= 11 is 0. The van der Waals surface area contributed by atoms with Gasteiger partial charge in [-0.05, 0) is 12.5 Å². The quantitative estimate of drug-likeness (QED) is 0.886. The van der Waals surface area contributed by atoms with E-state index < -0.39 is 6.10 Å². The average Bonchev–Trinajstić information content (AvgIpc) is 2.48. The van der Waals surface area contributed by atoms with Gasteiger partial charge in [-0.25, -0.2) is 0 Å². The molecular weight excluding hydrogens is 250 g/mol. The van der Waals surface area contributed by atoms with E-state index in [1.54, 1.807) is 0 Å². The average molecular weight is 273 g/mol. The van der Waals surface area contributed by atoms with E-state index >= 15 is 0 Å². The summed E-state index contributed by atoms with van der Waals surface area (Å²) < 4.78 is 0. The number of nitrogens with zero attached hydrogens (tertiary/aromatic N) is 3. The number of aliphatic hydroxyl groups excluding tert-OH is 1. The summed E-state index contributed by atoms with van der Waals surface area (Å²) in [5.74, 6) is 0. The molecule has 1 aromatic rings. The van der Waals surface area contributed by atoms with Gasteiger partial charge in [0.05, 0.1) is 12.2 Å². The number of rotatable bonds is 5. The molecule has 0 unspecified atom stereocenters. The molecule has 2 rings (SSSR count). The maximum atomic E-state index is 10.3. The van der Waals surface area contributed by atoms with Crippen LogP contribution in [0.2, 0.25) is 0 Å². The lowest BCUT2D eigenvalue weighted by Gasteiger charge is -2.40. The summed E-state index contributed by atoms with van der Waals surface area (Å²) in [6.45, 7) is 6.64. The minimum Gasteiger partial charge on any atom is -0.387 e.